The number of hydrogen-bond donors (Lipinski definition) is 2. The highest BCUT2D eigenvalue weighted by Gasteiger charge is 2.30. The van der Waals surface area contributed by atoms with Crippen LogP contribution in [0.1, 0.15) is 39.5 Å². The van der Waals surface area contributed by atoms with Crippen molar-refractivity contribution in [3.63, 3.8) is 0 Å². The topological polar surface area (TPSA) is 67.6 Å². The molecule has 0 aromatic heterocycles. The van der Waals surface area contributed by atoms with E-state index >= 15 is 0 Å². The summed E-state index contributed by atoms with van der Waals surface area (Å²) in [6.45, 7) is 5.60. The summed E-state index contributed by atoms with van der Waals surface area (Å²) in [7, 11) is 4.15. The second-order valence-corrected chi connectivity index (χ2v) is 5.91. The summed E-state index contributed by atoms with van der Waals surface area (Å²) in [5, 5.41) is 3.05. The van der Waals surface area contributed by atoms with Crippen molar-refractivity contribution in [1.82, 2.24) is 10.2 Å². The van der Waals surface area contributed by atoms with E-state index in [2.05, 4.69) is 38.2 Å². The van der Waals surface area contributed by atoms with E-state index < -0.39 is 0 Å². The predicted octanol–water partition coefficient (Wildman–Crippen LogP) is 0.975. The Labute approximate surface area is 123 Å². The highest BCUT2D eigenvalue weighted by molar-refractivity contribution is 5.81. The molecule has 1 aliphatic rings. The minimum absolute atomic E-state index is 0.0127. The summed E-state index contributed by atoms with van der Waals surface area (Å²) in [6.07, 6.45) is 3.67. The summed E-state index contributed by atoms with van der Waals surface area (Å²) in [5.41, 5.74) is 5.57. The van der Waals surface area contributed by atoms with Crippen LogP contribution in [0.15, 0.2) is 0 Å². The van der Waals surface area contributed by atoms with E-state index in [1.807, 2.05) is 0 Å². The van der Waals surface area contributed by atoms with Gasteiger partial charge in [0.2, 0.25) is 5.91 Å². The molecular formula is C15H31N3O2. The van der Waals surface area contributed by atoms with Gasteiger partial charge in [-0.05, 0) is 32.9 Å². The molecule has 0 aromatic carbocycles. The van der Waals surface area contributed by atoms with Crippen LogP contribution in [0.4, 0.5) is 0 Å². The van der Waals surface area contributed by atoms with Crippen LogP contribution in [0.3, 0.4) is 0 Å². The highest BCUT2D eigenvalue weighted by atomic mass is 16.5. The lowest BCUT2D eigenvalue weighted by molar-refractivity contribution is -0.132. The Balaban J connectivity index is 2.45. The summed E-state index contributed by atoms with van der Waals surface area (Å²) in [6, 6.07) is 0.376. The number of nitrogens with two attached hydrogens (primary N) is 1. The molecule has 0 bridgehead atoms. The maximum Gasteiger partial charge on any atom is 0.249 e. The largest absolute Gasteiger partial charge is 0.364 e. The van der Waals surface area contributed by atoms with Gasteiger partial charge in [0, 0.05) is 19.1 Å². The Morgan fingerprint density at radius 1 is 1.35 bits per heavy atom. The fraction of sp³-hybridized carbons (Fsp3) is 0.933. The van der Waals surface area contributed by atoms with Crippen molar-refractivity contribution in [1.29, 1.82) is 0 Å². The number of nitrogens with one attached hydrogen (secondary N) is 1. The Morgan fingerprint density at radius 2 is 2.00 bits per heavy atom. The van der Waals surface area contributed by atoms with Crippen LogP contribution < -0.4 is 11.1 Å². The van der Waals surface area contributed by atoms with Crippen LogP contribution in [0.25, 0.3) is 0 Å². The maximum atomic E-state index is 12.1. The Bertz CT molecular complexity index is 293. The van der Waals surface area contributed by atoms with Gasteiger partial charge in [0.1, 0.15) is 6.10 Å². The van der Waals surface area contributed by atoms with Gasteiger partial charge in [0.05, 0.1) is 6.10 Å². The van der Waals surface area contributed by atoms with Crippen LogP contribution in [0, 0.1) is 5.92 Å². The first-order valence-electron chi connectivity index (χ1n) is 7.83. The molecule has 118 valence electrons. The van der Waals surface area contributed by atoms with Gasteiger partial charge in [-0.1, -0.05) is 26.7 Å². The standard InChI is InChI=1S/C15H31N3O2/c1-5-11(6-2)13(18(3)4)10-17-15(19)14-8-7-12(9-16)20-14/h11-14H,5-10,16H2,1-4H3,(H,17,19). The molecule has 0 aliphatic carbocycles. The molecule has 20 heavy (non-hydrogen) atoms. The smallest absolute Gasteiger partial charge is 0.249 e. The minimum atomic E-state index is -0.312. The average molecular weight is 285 g/mol. The molecule has 5 heteroatoms. The van der Waals surface area contributed by atoms with Crippen molar-refractivity contribution in [2.75, 3.05) is 27.2 Å². The van der Waals surface area contributed by atoms with Crippen molar-refractivity contribution < 1.29 is 9.53 Å². The van der Waals surface area contributed by atoms with Crippen molar-refractivity contribution in [3.05, 3.63) is 0 Å². The number of carbonyl (C=O) groups is 1. The Morgan fingerprint density at radius 3 is 2.45 bits per heavy atom. The van der Waals surface area contributed by atoms with Gasteiger partial charge in [-0.2, -0.15) is 0 Å². The van der Waals surface area contributed by atoms with Crippen molar-refractivity contribution in [2.24, 2.45) is 11.7 Å². The molecule has 1 saturated heterocycles. The summed E-state index contributed by atoms with van der Waals surface area (Å²) < 4.78 is 5.63. The third kappa shape index (κ3) is 4.72. The molecule has 0 radical (unpaired) electrons. The zero-order valence-electron chi connectivity index (χ0n) is 13.4. The van der Waals surface area contributed by atoms with Crippen LogP contribution in [0.5, 0.6) is 0 Å². The van der Waals surface area contributed by atoms with E-state index in [9.17, 15) is 4.79 Å². The SMILES string of the molecule is CCC(CC)C(CNC(=O)C1CCC(CN)O1)N(C)C. The first kappa shape index (κ1) is 17.4. The van der Waals surface area contributed by atoms with Gasteiger partial charge in [0.15, 0.2) is 0 Å². The molecule has 5 nitrogen and oxygen atoms in total. The van der Waals surface area contributed by atoms with Crippen LogP contribution in [-0.4, -0.2) is 56.2 Å². The molecular weight excluding hydrogens is 254 g/mol. The highest BCUT2D eigenvalue weighted by Crippen LogP contribution is 2.20. The number of amides is 1. The molecule has 0 saturated carbocycles. The number of hydrogen-bond acceptors (Lipinski definition) is 4. The van der Waals surface area contributed by atoms with Gasteiger partial charge in [-0.25, -0.2) is 0 Å². The normalized spacial score (nSPS) is 24.4. The molecule has 0 spiro atoms. The molecule has 3 unspecified atom stereocenters. The lowest BCUT2D eigenvalue weighted by Gasteiger charge is -2.31. The number of carbonyl (C=O) groups excluding carboxylic acids is 1. The van der Waals surface area contributed by atoms with E-state index in [0.29, 0.717) is 25.0 Å². The molecule has 0 aromatic rings. The lowest BCUT2D eigenvalue weighted by Crippen LogP contribution is -2.47. The molecule has 1 amide bonds. The molecule has 3 N–H and O–H groups in total. The number of nitrogens with zero attached hydrogens (tertiary/aromatic N) is 1. The second kappa shape index (κ2) is 8.60. The number of likely N-dealkylation sites (N-methyl/N-ethyl adjacent to an activating group) is 1. The predicted molar refractivity (Wildman–Crippen MR) is 81.5 cm³/mol. The fourth-order valence-corrected chi connectivity index (χ4v) is 2.99. The van der Waals surface area contributed by atoms with Gasteiger partial charge < -0.3 is 20.7 Å². The minimum Gasteiger partial charge on any atom is -0.364 e. The Hall–Kier alpha value is -0.650. The van der Waals surface area contributed by atoms with E-state index in [0.717, 1.165) is 25.7 Å². The van der Waals surface area contributed by atoms with E-state index in [-0.39, 0.29) is 18.1 Å². The van der Waals surface area contributed by atoms with E-state index in [1.54, 1.807) is 0 Å². The molecule has 1 rings (SSSR count). The van der Waals surface area contributed by atoms with Crippen molar-refractivity contribution >= 4 is 5.91 Å². The second-order valence-electron chi connectivity index (χ2n) is 5.91. The van der Waals surface area contributed by atoms with Crippen LogP contribution in [0.2, 0.25) is 0 Å². The summed E-state index contributed by atoms with van der Waals surface area (Å²) >= 11 is 0. The number of ether oxygens (including phenoxy) is 1. The Kier molecular flexibility index (Phi) is 7.48. The van der Waals surface area contributed by atoms with Gasteiger partial charge in [-0.15, -0.1) is 0 Å². The third-order valence-corrected chi connectivity index (χ3v) is 4.40. The van der Waals surface area contributed by atoms with Gasteiger partial charge in [0.25, 0.3) is 0 Å². The van der Waals surface area contributed by atoms with Crippen molar-refractivity contribution in [3.8, 4) is 0 Å². The van der Waals surface area contributed by atoms with Gasteiger partial charge >= 0.3 is 0 Å². The summed E-state index contributed by atoms with van der Waals surface area (Å²) in [4.78, 5) is 14.3. The maximum absolute atomic E-state index is 12.1. The third-order valence-electron chi connectivity index (χ3n) is 4.40. The summed E-state index contributed by atoms with van der Waals surface area (Å²) in [5.74, 6) is 0.616. The van der Waals surface area contributed by atoms with Crippen LogP contribution >= 0.6 is 0 Å². The molecule has 1 aliphatic heterocycles. The van der Waals surface area contributed by atoms with Crippen molar-refractivity contribution in [2.45, 2.75) is 57.8 Å². The molecule has 1 heterocycles. The van der Waals surface area contributed by atoms with Crippen LogP contribution in [-0.2, 0) is 9.53 Å². The first-order chi connectivity index (χ1) is 9.53. The fourth-order valence-electron chi connectivity index (χ4n) is 2.99. The lowest BCUT2D eigenvalue weighted by atomic mass is 9.93. The number of rotatable bonds is 8. The average Bonchev–Trinajstić information content (AvgIpc) is 2.91. The molecule has 1 fully saturated rings. The zero-order valence-corrected chi connectivity index (χ0v) is 13.4. The van der Waals surface area contributed by atoms with E-state index in [1.165, 1.54) is 0 Å². The quantitative estimate of drug-likeness (QED) is 0.697. The monoisotopic (exact) mass is 285 g/mol. The molecule has 3 atom stereocenters. The zero-order chi connectivity index (χ0) is 15.1. The van der Waals surface area contributed by atoms with E-state index in [4.69, 9.17) is 10.5 Å². The first-order valence-corrected chi connectivity index (χ1v) is 7.83. The van der Waals surface area contributed by atoms with Gasteiger partial charge in [-0.3, -0.25) is 4.79 Å².